The Labute approximate surface area is 171 Å². The summed E-state index contributed by atoms with van der Waals surface area (Å²) in [5.41, 5.74) is 2.42. The number of rotatable bonds is 2. The molecule has 7 nitrogen and oxygen atoms in total. The van der Waals surface area contributed by atoms with Gasteiger partial charge in [-0.3, -0.25) is 4.79 Å². The van der Waals surface area contributed by atoms with Crippen LogP contribution in [-0.2, 0) is 12.8 Å². The molecule has 0 unspecified atom stereocenters. The lowest BCUT2D eigenvalue weighted by Gasteiger charge is -2.25. The minimum Gasteiger partial charge on any atom is -0.459 e. The molecule has 1 saturated heterocycles. The Bertz CT molecular complexity index is 741. The number of carbonyl (C=O) groups is 1. The maximum absolute atomic E-state index is 12.5. The fraction of sp³-hybridized carbons (Fsp3) is 0.500. The molecule has 0 spiro atoms. The topological polar surface area (TPSA) is 74.5 Å². The van der Waals surface area contributed by atoms with Gasteiger partial charge in [0, 0.05) is 44.7 Å². The van der Waals surface area contributed by atoms with Gasteiger partial charge in [-0.2, -0.15) is 0 Å². The number of furan rings is 1. The minimum absolute atomic E-state index is 0. The van der Waals surface area contributed by atoms with Gasteiger partial charge in [-0.15, -0.1) is 24.8 Å². The van der Waals surface area contributed by atoms with E-state index in [-0.39, 0.29) is 30.7 Å². The van der Waals surface area contributed by atoms with Crippen molar-refractivity contribution in [3.63, 3.8) is 0 Å². The van der Waals surface area contributed by atoms with E-state index in [1.165, 1.54) is 5.56 Å². The van der Waals surface area contributed by atoms with Gasteiger partial charge in [0.25, 0.3) is 5.91 Å². The second-order valence-corrected chi connectivity index (χ2v) is 6.48. The van der Waals surface area contributed by atoms with Gasteiger partial charge >= 0.3 is 0 Å². The van der Waals surface area contributed by atoms with E-state index in [4.69, 9.17) is 4.42 Å². The molecule has 0 atom stereocenters. The van der Waals surface area contributed by atoms with Crippen LogP contribution in [0.3, 0.4) is 0 Å². The van der Waals surface area contributed by atoms with Gasteiger partial charge in [0.2, 0.25) is 0 Å². The number of anilines is 1. The summed E-state index contributed by atoms with van der Waals surface area (Å²) in [6.45, 7) is 5.03. The SMILES string of the molecule is Cl.Cl.O=C(c1ccco1)N1CCCN(c2ncnc3c2CCNCC3)CC1. The summed E-state index contributed by atoms with van der Waals surface area (Å²) in [5.74, 6) is 1.42. The van der Waals surface area contributed by atoms with Crippen LogP contribution in [0, 0.1) is 0 Å². The second kappa shape index (κ2) is 9.92. The maximum Gasteiger partial charge on any atom is 0.289 e. The molecule has 27 heavy (non-hydrogen) atoms. The van der Waals surface area contributed by atoms with Crippen LogP contribution in [-0.4, -0.2) is 60.0 Å². The summed E-state index contributed by atoms with van der Waals surface area (Å²) in [5, 5.41) is 3.42. The molecule has 148 valence electrons. The molecule has 0 radical (unpaired) electrons. The zero-order chi connectivity index (χ0) is 17.1. The average molecular weight is 414 g/mol. The number of hydrogen-bond donors (Lipinski definition) is 1. The predicted molar refractivity (Wildman–Crippen MR) is 108 cm³/mol. The molecule has 2 aromatic rings. The summed E-state index contributed by atoms with van der Waals surface area (Å²) < 4.78 is 5.26. The molecule has 2 aliphatic heterocycles. The van der Waals surface area contributed by atoms with E-state index in [0.29, 0.717) is 12.3 Å². The molecule has 4 rings (SSSR count). The third kappa shape index (κ3) is 4.72. The largest absolute Gasteiger partial charge is 0.459 e. The second-order valence-electron chi connectivity index (χ2n) is 6.48. The smallest absolute Gasteiger partial charge is 0.289 e. The maximum atomic E-state index is 12.5. The van der Waals surface area contributed by atoms with Gasteiger partial charge < -0.3 is 19.5 Å². The van der Waals surface area contributed by atoms with Crippen molar-refractivity contribution in [2.75, 3.05) is 44.2 Å². The number of nitrogens with zero attached hydrogens (tertiary/aromatic N) is 4. The Balaban J connectivity index is 0.00000131. The normalized spacial score (nSPS) is 17.0. The lowest BCUT2D eigenvalue weighted by Crippen LogP contribution is -2.35. The molecule has 0 aromatic carbocycles. The van der Waals surface area contributed by atoms with Gasteiger partial charge in [0.05, 0.1) is 12.0 Å². The van der Waals surface area contributed by atoms with E-state index in [9.17, 15) is 4.79 Å². The molecule has 0 saturated carbocycles. The minimum atomic E-state index is -0.0300. The zero-order valence-corrected chi connectivity index (χ0v) is 16.7. The zero-order valence-electron chi connectivity index (χ0n) is 15.1. The number of fused-ring (bicyclic) bond motifs is 1. The van der Waals surface area contributed by atoms with Crippen molar-refractivity contribution in [3.05, 3.63) is 41.7 Å². The molecule has 2 aliphatic rings. The van der Waals surface area contributed by atoms with Crippen LogP contribution in [0.5, 0.6) is 0 Å². The van der Waals surface area contributed by atoms with Crippen LogP contribution in [0.4, 0.5) is 5.82 Å². The van der Waals surface area contributed by atoms with E-state index < -0.39 is 0 Å². The van der Waals surface area contributed by atoms with Crippen LogP contribution < -0.4 is 10.2 Å². The van der Waals surface area contributed by atoms with E-state index in [1.807, 2.05) is 4.90 Å². The lowest BCUT2D eigenvalue weighted by atomic mass is 10.1. The van der Waals surface area contributed by atoms with Crippen molar-refractivity contribution in [1.29, 1.82) is 0 Å². The number of hydrogen-bond acceptors (Lipinski definition) is 6. The van der Waals surface area contributed by atoms with E-state index in [1.54, 1.807) is 24.7 Å². The van der Waals surface area contributed by atoms with Crippen molar-refractivity contribution < 1.29 is 9.21 Å². The molecule has 2 aromatic heterocycles. The van der Waals surface area contributed by atoms with E-state index in [0.717, 1.165) is 63.5 Å². The van der Waals surface area contributed by atoms with Crippen LogP contribution in [0.1, 0.15) is 28.2 Å². The van der Waals surface area contributed by atoms with Crippen molar-refractivity contribution in [3.8, 4) is 0 Å². The van der Waals surface area contributed by atoms with Crippen molar-refractivity contribution in [1.82, 2.24) is 20.2 Å². The molecular formula is C18H25Cl2N5O2. The number of halogens is 2. The third-order valence-corrected chi connectivity index (χ3v) is 4.92. The lowest BCUT2D eigenvalue weighted by molar-refractivity contribution is 0.0735. The molecule has 9 heteroatoms. The summed E-state index contributed by atoms with van der Waals surface area (Å²) >= 11 is 0. The first kappa shape index (κ1) is 21.5. The van der Waals surface area contributed by atoms with Crippen molar-refractivity contribution >= 4 is 36.5 Å². The van der Waals surface area contributed by atoms with Gasteiger partial charge in [-0.05, 0) is 31.5 Å². The average Bonchev–Trinajstić information content (AvgIpc) is 2.91. The Kier molecular flexibility index (Phi) is 7.89. The highest BCUT2D eigenvalue weighted by atomic mass is 35.5. The predicted octanol–water partition coefficient (Wildman–Crippen LogP) is 1.95. The first-order chi connectivity index (χ1) is 12.3. The number of nitrogens with one attached hydrogen (secondary N) is 1. The fourth-order valence-corrected chi connectivity index (χ4v) is 3.62. The summed E-state index contributed by atoms with van der Waals surface area (Å²) in [6.07, 6.45) is 6.04. The van der Waals surface area contributed by atoms with Crippen molar-refractivity contribution in [2.45, 2.75) is 19.3 Å². The standard InChI is InChI=1S/C18H23N5O2.2ClH/c24-18(16-3-1-12-25-16)23-9-2-8-22(10-11-23)17-14-4-6-19-7-5-15(14)20-13-21-17;;/h1,3,12-13,19H,2,4-11H2;2*1H. The van der Waals surface area contributed by atoms with Crippen molar-refractivity contribution in [2.24, 2.45) is 0 Å². The molecule has 1 amide bonds. The molecule has 0 aliphatic carbocycles. The monoisotopic (exact) mass is 413 g/mol. The van der Waals surface area contributed by atoms with E-state index >= 15 is 0 Å². The first-order valence-corrected chi connectivity index (χ1v) is 8.94. The van der Waals surface area contributed by atoms with Gasteiger partial charge in [0.15, 0.2) is 5.76 Å². The summed E-state index contributed by atoms with van der Waals surface area (Å²) in [4.78, 5) is 25.8. The molecule has 1 fully saturated rings. The first-order valence-electron chi connectivity index (χ1n) is 8.94. The molecule has 4 heterocycles. The highest BCUT2D eigenvalue weighted by Crippen LogP contribution is 2.23. The van der Waals surface area contributed by atoms with Gasteiger partial charge in [-0.1, -0.05) is 0 Å². The summed E-state index contributed by atoms with van der Waals surface area (Å²) in [6, 6.07) is 3.48. The Morgan fingerprint density at radius 2 is 1.93 bits per heavy atom. The van der Waals surface area contributed by atoms with Crippen LogP contribution in [0.25, 0.3) is 0 Å². The molecule has 0 bridgehead atoms. The van der Waals surface area contributed by atoms with E-state index in [2.05, 4.69) is 20.2 Å². The van der Waals surface area contributed by atoms with Gasteiger partial charge in [-0.25, -0.2) is 9.97 Å². The number of aromatic nitrogens is 2. The van der Waals surface area contributed by atoms with Gasteiger partial charge in [0.1, 0.15) is 12.1 Å². The number of amides is 1. The van der Waals surface area contributed by atoms with Crippen LogP contribution >= 0.6 is 24.8 Å². The molecule has 1 N–H and O–H groups in total. The fourth-order valence-electron chi connectivity index (χ4n) is 3.62. The highest BCUT2D eigenvalue weighted by molar-refractivity contribution is 5.91. The summed E-state index contributed by atoms with van der Waals surface area (Å²) in [7, 11) is 0. The third-order valence-electron chi connectivity index (χ3n) is 4.92. The Morgan fingerprint density at radius 3 is 2.74 bits per heavy atom. The number of carbonyl (C=O) groups excluding carboxylic acids is 1. The highest BCUT2D eigenvalue weighted by Gasteiger charge is 2.24. The van der Waals surface area contributed by atoms with Crippen LogP contribution in [0.15, 0.2) is 29.1 Å². The Morgan fingerprint density at radius 1 is 1.07 bits per heavy atom. The quantitative estimate of drug-likeness (QED) is 0.810. The molecular weight excluding hydrogens is 389 g/mol. The Hall–Kier alpha value is -1.83. The van der Waals surface area contributed by atoms with Crippen LogP contribution in [0.2, 0.25) is 0 Å².